The van der Waals surface area contributed by atoms with Crippen LogP contribution in [0.15, 0.2) is 16.7 Å². The molecule has 0 spiro atoms. The van der Waals surface area contributed by atoms with Crippen LogP contribution in [0.2, 0.25) is 0 Å². The van der Waals surface area contributed by atoms with Crippen molar-refractivity contribution in [2.24, 2.45) is 0 Å². The van der Waals surface area contributed by atoms with E-state index in [0.717, 1.165) is 33.5 Å². The van der Waals surface area contributed by atoms with Crippen molar-refractivity contribution in [2.75, 3.05) is 0 Å². The fourth-order valence-corrected chi connectivity index (χ4v) is 2.60. The topological polar surface area (TPSA) is 63.8 Å². The third-order valence-electron chi connectivity index (χ3n) is 3.05. The second-order valence-electron chi connectivity index (χ2n) is 4.34. The summed E-state index contributed by atoms with van der Waals surface area (Å²) in [5.41, 5.74) is 3.16. The molecule has 5 nitrogen and oxygen atoms in total. The lowest BCUT2D eigenvalue weighted by atomic mass is 10.0. The molecular formula is C13H17BrN4O. The van der Waals surface area contributed by atoms with Gasteiger partial charge in [0.15, 0.2) is 0 Å². The summed E-state index contributed by atoms with van der Waals surface area (Å²) in [6, 6.07) is 1.88. The van der Waals surface area contributed by atoms with Crippen LogP contribution in [0.4, 0.5) is 0 Å². The van der Waals surface area contributed by atoms with Crippen LogP contribution in [-0.2, 0) is 13.0 Å². The average Bonchev–Trinajstić information content (AvgIpc) is 2.79. The Morgan fingerprint density at radius 3 is 2.74 bits per heavy atom. The van der Waals surface area contributed by atoms with Crippen molar-refractivity contribution in [3.8, 4) is 0 Å². The molecule has 0 aromatic carbocycles. The first kappa shape index (κ1) is 14.1. The van der Waals surface area contributed by atoms with Gasteiger partial charge in [0, 0.05) is 12.1 Å². The molecule has 0 radical (unpaired) electrons. The first-order valence-electron chi connectivity index (χ1n) is 6.30. The van der Waals surface area contributed by atoms with E-state index in [9.17, 15) is 5.11 Å². The number of hydrogen-bond donors (Lipinski definition) is 1. The molecule has 1 atom stereocenters. The van der Waals surface area contributed by atoms with Gasteiger partial charge in [0.05, 0.1) is 27.8 Å². The number of aromatic nitrogens is 4. The highest BCUT2D eigenvalue weighted by atomic mass is 79.9. The lowest BCUT2D eigenvalue weighted by Crippen LogP contribution is -2.13. The molecule has 0 amide bonds. The molecule has 0 saturated carbocycles. The van der Waals surface area contributed by atoms with Crippen molar-refractivity contribution >= 4 is 15.9 Å². The third kappa shape index (κ3) is 2.69. The van der Waals surface area contributed by atoms with Gasteiger partial charge in [-0.25, -0.2) is 0 Å². The van der Waals surface area contributed by atoms with Crippen LogP contribution in [0.1, 0.15) is 42.6 Å². The number of rotatable bonds is 4. The summed E-state index contributed by atoms with van der Waals surface area (Å²) in [4.78, 5) is 0. The minimum absolute atomic E-state index is 0.705. The molecule has 1 unspecified atom stereocenters. The van der Waals surface area contributed by atoms with Gasteiger partial charge in [0.25, 0.3) is 0 Å². The lowest BCUT2D eigenvalue weighted by molar-refractivity contribution is 0.205. The quantitative estimate of drug-likeness (QED) is 0.938. The summed E-state index contributed by atoms with van der Waals surface area (Å²) >= 11 is 3.44. The molecule has 6 heteroatoms. The normalized spacial score (nSPS) is 12.7. The Morgan fingerprint density at radius 1 is 1.37 bits per heavy atom. The molecule has 0 aliphatic rings. The Bertz CT molecular complexity index is 582. The van der Waals surface area contributed by atoms with Gasteiger partial charge in [0.2, 0.25) is 0 Å². The molecule has 1 N–H and O–H groups in total. The summed E-state index contributed by atoms with van der Waals surface area (Å²) in [5.74, 6) is 0. The van der Waals surface area contributed by atoms with E-state index in [0.29, 0.717) is 6.54 Å². The average molecular weight is 325 g/mol. The Balaban J connectivity index is 2.51. The van der Waals surface area contributed by atoms with E-state index in [1.54, 1.807) is 10.9 Å². The van der Waals surface area contributed by atoms with Crippen molar-refractivity contribution in [2.45, 2.75) is 39.8 Å². The molecule has 102 valence electrons. The second kappa shape index (κ2) is 5.79. The lowest BCUT2D eigenvalue weighted by Gasteiger charge is -2.16. The summed E-state index contributed by atoms with van der Waals surface area (Å²) in [5, 5.41) is 23.1. The monoisotopic (exact) mass is 324 g/mol. The minimum Gasteiger partial charge on any atom is -0.382 e. The summed E-state index contributed by atoms with van der Waals surface area (Å²) < 4.78 is 2.59. The molecular weight excluding hydrogens is 308 g/mol. The molecule has 0 aliphatic heterocycles. The van der Waals surface area contributed by atoms with E-state index in [1.165, 1.54) is 0 Å². The molecule has 0 bridgehead atoms. The van der Waals surface area contributed by atoms with Crippen molar-refractivity contribution in [1.82, 2.24) is 20.0 Å². The van der Waals surface area contributed by atoms with Gasteiger partial charge in [-0.05, 0) is 42.3 Å². The van der Waals surface area contributed by atoms with Gasteiger partial charge < -0.3 is 5.11 Å². The minimum atomic E-state index is -0.749. The smallest absolute Gasteiger partial charge is 0.124 e. The van der Waals surface area contributed by atoms with Gasteiger partial charge in [0.1, 0.15) is 6.10 Å². The van der Waals surface area contributed by atoms with Crippen LogP contribution >= 0.6 is 15.9 Å². The highest BCUT2D eigenvalue weighted by Crippen LogP contribution is 2.30. The fraction of sp³-hybridized carbons (Fsp3) is 0.462. The zero-order valence-corrected chi connectivity index (χ0v) is 12.8. The number of halogens is 1. The molecule has 2 aromatic rings. The molecule has 2 rings (SSSR count). The third-order valence-corrected chi connectivity index (χ3v) is 3.66. The predicted molar refractivity (Wildman–Crippen MR) is 75.8 cm³/mol. The Labute approximate surface area is 120 Å². The van der Waals surface area contributed by atoms with Crippen molar-refractivity contribution in [3.05, 3.63) is 39.4 Å². The second-order valence-corrected chi connectivity index (χ2v) is 5.19. The first-order chi connectivity index (χ1) is 9.08. The number of aliphatic hydroxyl groups excluding tert-OH is 1. The molecule has 0 aliphatic carbocycles. The van der Waals surface area contributed by atoms with Crippen LogP contribution in [0.25, 0.3) is 0 Å². The summed E-state index contributed by atoms with van der Waals surface area (Å²) in [6.45, 7) is 6.57. The molecule has 2 aromatic heterocycles. The zero-order valence-electron chi connectivity index (χ0n) is 11.3. The van der Waals surface area contributed by atoms with Crippen molar-refractivity contribution in [1.29, 1.82) is 0 Å². The summed E-state index contributed by atoms with van der Waals surface area (Å²) in [7, 11) is 0. The van der Waals surface area contributed by atoms with Crippen LogP contribution in [0.5, 0.6) is 0 Å². The molecule has 2 heterocycles. The molecule has 0 fully saturated rings. The van der Waals surface area contributed by atoms with E-state index >= 15 is 0 Å². The van der Waals surface area contributed by atoms with Gasteiger partial charge in [-0.1, -0.05) is 6.92 Å². The van der Waals surface area contributed by atoms with Gasteiger partial charge >= 0.3 is 0 Å². The maximum absolute atomic E-state index is 10.7. The largest absolute Gasteiger partial charge is 0.382 e. The highest BCUT2D eigenvalue weighted by Gasteiger charge is 2.22. The van der Waals surface area contributed by atoms with Crippen LogP contribution < -0.4 is 0 Å². The Kier molecular flexibility index (Phi) is 4.31. The molecule has 19 heavy (non-hydrogen) atoms. The van der Waals surface area contributed by atoms with E-state index in [-0.39, 0.29) is 0 Å². The molecule has 0 saturated heterocycles. The van der Waals surface area contributed by atoms with E-state index in [2.05, 4.69) is 31.2 Å². The number of nitrogens with zero attached hydrogens (tertiary/aromatic N) is 4. The van der Waals surface area contributed by atoms with Crippen LogP contribution in [0.3, 0.4) is 0 Å². The number of aliphatic hydroxyl groups is 1. The number of hydrogen-bond acceptors (Lipinski definition) is 4. The van der Waals surface area contributed by atoms with Gasteiger partial charge in [-0.15, -0.1) is 0 Å². The van der Waals surface area contributed by atoms with Gasteiger partial charge in [-0.2, -0.15) is 15.3 Å². The first-order valence-corrected chi connectivity index (χ1v) is 7.10. The maximum atomic E-state index is 10.7. The Hall–Kier alpha value is -1.27. The highest BCUT2D eigenvalue weighted by molar-refractivity contribution is 9.10. The number of aryl methyl sites for hydroxylation is 3. The van der Waals surface area contributed by atoms with E-state index in [1.807, 2.05) is 26.8 Å². The predicted octanol–water partition coefficient (Wildman–Crippen LogP) is 2.41. The Morgan fingerprint density at radius 2 is 2.11 bits per heavy atom. The SMILES string of the molecule is CCc1nnc(C)cc1C(O)c1c(Br)cnn1CC. The fourth-order valence-electron chi connectivity index (χ4n) is 2.09. The standard InChI is InChI=1S/C13H17BrN4O/c1-4-11-9(6-8(3)16-17-11)13(19)12-10(14)7-15-18(12)5-2/h6-7,13,19H,4-5H2,1-3H3. The van der Waals surface area contributed by atoms with Crippen molar-refractivity contribution in [3.63, 3.8) is 0 Å². The van der Waals surface area contributed by atoms with E-state index in [4.69, 9.17) is 0 Å². The van der Waals surface area contributed by atoms with Gasteiger partial charge in [-0.3, -0.25) is 4.68 Å². The summed E-state index contributed by atoms with van der Waals surface area (Å²) in [6.07, 6.45) is 1.69. The van der Waals surface area contributed by atoms with Crippen LogP contribution in [0, 0.1) is 6.92 Å². The van der Waals surface area contributed by atoms with Crippen LogP contribution in [-0.4, -0.2) is 25.1 Å². The maximum Gasteiger partial charge on any atom is 0.124 e. The zero-order chi connectivity index (χ0) is 14.0. The van der Waals surface area contributed by atoms with Crippen molar-refractivity contribution < 1.29 is 5.11 Å². The van der Waals surface area contributed by atoms with E-state index < -0.39 is 6.10 Å².